The van der Waals surface area contributed by atoms with E-state index in [2.05, 4.69) is 5.32 Å². The fraction of sp³-hybridized carbons (Fsp3) is 0.188. The molecule has 0 bridgehead atoms. The van der Waals surface area contributed by atoms with E-state index >= 15 is 0 Å². The standard InChI is InChI=1S/C16H13ClF3NO2/c1-23-14-8-12(17)6-7-13(14)15(22)21-9-10-2-4-11(5-3-10)16(18,19)20/h2-8H,9H2,1H3,(H,21,22). The van der Waals surface area contributed by atoms with Crippen molar-refractivity contribution >= 4 is 17.5 Å². The Hall–Kier alpha value is -2.21. The summed E-state index contributed by atoms with van der Waals surface area (Å²) in [4.78, 5) is 12.1. The second-order valence-electron chi connectivity index (χ2n) is 4.72. The lowest BCUT2D eigenvalue weighted by molar-refractivity contribution is -0.137. The van der Waals surface area contributed by atoms with E-state index in [4.69, 9.17) is 16.3 Å². The van der Waals surface area contributed by atoms with E-state index in [0.717, 1.165) is 12.1 Å². The number of benzene rings is 2. The molecule has 3 nitrogen and oxygen atoms in total. The van der Waals surface area contributed by atoms with E-state index in [1.54, 1.807) is 6.07 Å². The molecule has 0 unspecified atom stereocenters. The second-order valence-corrected chi connectivity index (χ2v) is 5.16. The summed E-state index contributed by atoms with van der Waals surface area (Å²) in [6.07, 6.45) is -4.38. The van der Waals surface area contributed by atoms with Crippen LogP contribution in [0.25, 0.3) is 0 Å². The van der Waals surface area contributed by atoms with Gasteiger partial charge in [0.05, 0.1) is 18.2 Å². The molecule has 7 heteroatoms. The monoisotopic (exact) mass is 343 g/mol. The van der Waals surface area contributed by atoms with Crippen molar-refractivity contribution in [3.8, 4) is 5.75 Å². The average molecular weight is 344 g/mol. The Kier molecular flexibility index (Phi) is 5.15. The Morgan fingerprint density at radius 1 is 1.17 bits per heavy atom. The van der Waals surface area contributed by atoms with Crippen LogP contribution in [-0.2, 0) is 12.7 Å². The molecular weight excluding hydrogens is 331 g/mol. The van der Waals surface area contributed by atoms with Crippen molar-refractivity contribution in [2.45, 2.75) is 12.7 Å². The van der Waals surface area contributed by atoms with Crippen molar-refractivity contribution in [3.63, 3.8) is 0 Å². The van der Waals surface area contributed by atoms with Gasteiger partial charge in [-0.05, 0) is 35.9 Å². The van der Waals surface area contributed by atoms with Gasteiger partial charge in [0.15, 0.2) is 0 Å². The number of ether oxygens (including phenoxy) is 1. The zero-order chi connectivity index (χ0) is 17.0. The third kappa shape index (κ3) is 4.39. The first-order chi connectivity index (χ1) is 10.8. The van der Waals surface area contributed by atoms with E-state index in [9.17, 15) is 18.0 Å². The molecule has 0 radical (unpaired) electrons. The second kappa shape index (κ2) is 6.91. The first-order valence-corrected chi connectivity index (χ1v) is 6.97. The molecule has 2 aromatic carbocycles. The maximum Gasteiger partial charge on any atom is 0.416 e. The molecule has 1 N–H and O–H groups in total. The van der Waals surface area contributed by atoms with Crippen LogP contribution in [0.1, 0.15) is 21.5 Å². The quantitative estimate of drug-likeness (QED) is 0.899. The lowest BCUT2D eigenvalue weighted by Crippen LogP contribution is -2.23. The van der Waals surface area contributed by atoms with Crippen LogP contribution in [0.5, 0.6) is 5.75 Å². The molecule has 0 atom stereocenters. The number of hydrogen-bond acceptors (Lipinski definition) is 2. The lowest BCUT2D eigenvalue weighted by atomic mass is 10.1. The summed E-state index contributed by atoms with van der Waals surface area (Å²) in [5.41, 5.74) is 0.120. The summed E-state index contributed by atoms with van der Waals surface area (Å²) >= 11 is 5.82. The van der Waals surface area contributed by atoms with Gasteiger partial charge in [-0.25, -0.2) is 0 Å². The summed E-state index contributed by atoms with van der Waals surface area (Å²) < 4.78 is 42.5. The predicted octanol–water partition coefficient (Wildman–Crippen LogP) is 4.30. The first kappa shape index (κ1) is 17.1. The molecule has 0 fully saturated rings. The normalized spacial score (nSPS) is 11.2. The molecule has 1 amide bonds. The number of methoxy groups -OCH3 is 1. The summed E-state index contributed by atoms with van der Waals surface area (Å²) in [6, 6.07) is 9.17. The minimum atomic E-state index is -4.38. The molecule has 122 valence electrons. The van der Waals surface area contributed by atoms with Gasteiger partial charge in [-0.1, -0.05) is 23.7 Å². The van der Waals surface area contributed by atoms with Crippen LogP contribution in [0.2, 0.25) is 5.02 Å². The molecule has 23 heavy (non-hydrogen) atoms. The maximum absolute atomic E-state index is 12.5. The van der Waals surface area contributed by atoms with Gasteiger partial charge >= 0.3 is 6.18 Å². The van der Waals surface area contributed by atoms with Crippen LogP contribution in [0.4, 0.5) is 13.2 Å². The molecule has 0 aliphatic heterocycles. The first-order valence-electron chi connectivity index (χ1n) is 6.59. The van der Waals surface area contributed by atoms with Gasteiger partial charge in [-0.15, -0.1) is 0 Å². The van der Waals surface area contributed by atoms with Crippen LogP contribution in [-0.4, -0.2) is 13.0 Å². The fourth-order valence-electron chi connectivity index (χ4n) is 1.94. The molecule has 0 heterocycles. The maximum atomic E-state index is 12.5. The van der Waals surface area contributed by atoms with Crippen LogP contribution in [0.15, 0.2) is 42.5 Å². The lowest BCUT2D eigenvalue weighted by Gasteiger charge is -2.11. The number of carbonyl (C=O) groups is 1. The zero-order valence-electron chi connectivity index (χ0n) is 12.1. The highest BCUT2D eigenvalue weighted by Gasteiger charge is 2.29. The van der Waals surface area contributed by atoms with E-state index in [0.29, 0.717) is 21.9 Å². The van der Waals surface area contributed by atoms with E-state index in [-0.39, 0.29) is 6.54 Å². The number of halogens is 4. The third-order valence-electron chi connectivity index (χ3n) is 3.14. The molecule has 0 aliphatic carbocycles. The molecule has 0 aromatic heterocycles. The number of amides is 1. The fourth-order valence-corrected chi connectivity index (χ4v) is 2.10. The van der Waals surface area contributed by atoms with Gasteiger partial charge in [0.25, 0.3) is 5.91 Å². The minimum absolute atomic E-state index is 0.1000. The smallest absolute Gasteiger partial charge is 0.416 e. The largest absolute Gasteiger partial charge is 0.496 e. The number of hydrogen-bond donors (Lipinski definition) is 1. The molecule has 2 aromatic rings. The van der Waals surface area contributed by atoms with Gasteiger partial charge in [0.1, 0.15) is 5.75 Å². The highest BCUT2D eigenvalue weighted by Crippen LogP contribution is 2.29. The van der Waals surface area contributed by atoms with E-state index < -0.39 is 17.6 Å². The number of rotatable bonds is 4. The van der Waals surface area contributed by atoms with Crippen molar-refractivity contribution < 1.29 is 22.7 Å². The van der Waals surface area contributed by atoms with Crippen LogP contribution < -0.4 is 10.1 Å². The predicted molar refractivity (Wildman–Crippen MR) is 80.6 cm³/mol. The van der Waals surface area contributed by atoms with E-state index in [1.165, 1.54) is 31.4 Å². The summed E-state index contributed by atoms with van der Waals surface area (Å²) in [5.74, 6) is -0.0826. The highest BCUT2D eigenvalue weighted by molar-refractivity contribution is 6.30. The van der Waals surface area contributed by atoms with Crippen LogP contribution >= 0.6 is 11.6 Å². The number of alkyl halides is 3. The van der Waals surface area contributed by atoms with Gasteiger partial charge in [-0.2, -0.15) is 13.2 Å². The van der Waals surface area contributed by atoms with Gasteiger partial charge in [-0.3, -0.25) is 4.79 Å². The Balaban J connectivity index is 2.05. The molecule has 0 saturated heterocycles. The van der Waals surface area contributed by atoms with Gasteiger partial charge in [0, 0.05) is 11.6 Å². The molecule has 0 aliphatic rings. The summed E-state index contributed by atoms with van der Waals surface area (Å²) in [5, 5.41) is 3.06. The van der Waals surface area contributed by atoms with Crippen molar-refractivity contribution in [1.82, 2.24) is 5.32 Å². The van der Waals surface area contributed by atoms with Crippen LogP contribution in [0, 0.1) is 0 Å². The zero-order valence-corrected chi connectivity index (χ0v) is 12.8. The minimum Gasteiger partial charge on any atom is -0.496 e. The molecular formula is C16H13ClF3NO2. The number of nitrogens with one attached hydrogen (secondary N) is 1. The average Bonchev–Trinajstić information content (AvgIpc) is 2.52. The van der Waals surface area contributed by atoms with Crippen molar-refractivity contribution in [1.29, 1.82) is 0 Å². The van der Waals surface area contributed by atoms with Crippen molar-refractivity contribution in [3.05, 3.63) is 64.2 Å². The Morgan fingerprint density at radius 2 is 1.83 bits per heavy atom. The van der Waals surface area contributed by atoms with Gasteiger partial charge in [0.2, 0.25) is 0 Å². The molecule has 2 rings (SSSR count). The topological polar surface area (TPSA) is 38.3 Å². The van der Waals surface area contributed by atoms with Crippen molar-refractivity contribution in [2.75, 3.05) is 7.11 Å². The highest BCUT2D eigenvalue weighted by atomic mass is 35.5. The van der Waals surface area contributed by atoms with Gasteiger partial charge < -0.3 is 10.1 Å². The molecule has 0 saturated carbocycles. The number of carbonyl (C=O) groups excluding carboxylic acids is 1. The SMILES string of the molecule is COc1cc(Cl)ccc1C(=O)NCc1ccc(C(F)(F)F)cc1. The van der Waals surface area contributed by atoms with Crippen molar-refractivity contribution in [2.24, 2.45) is 0 Å². The Bertz CT molecular complexity index is 699. The summed E-state index contributed by atoms with van der Waals surface area (Å²) in [7, 11) is 1.41. The Morgan fingerprint density at radius 3 is 2.39 bits per heavy atom. The van der Waals surface area contributed by atoms with E-state index in [1.807, 2.05) is 0 Å². The Labute approximate surface area is 136 Å². The molecule has 0 spiro atoms. The summed E-state index contributed by atoms with van der Waals surface area (Å²) in [6.45, 7) is 0.1000. The third-order valence-corrected chi connectivity index (χ3v) is 3.38. The van der Waals surface area contributed by atoms with Crippen LogP contribution in [0.3, 0.4) is 0 Å².